The van der Waals surface area contributed by atoms with Crippen molar-refractivity contribution < 1.29 is 24.4 Å². The first-order chi connectivity index (χ1) is 12.9. The molecule has 8 heteroatoms. The predicted octanol–water partition coefficient (Wildman–Crippen LogP) is 2.75. The van der Waals surface area contributed by atoms with Gasteiger partial charge in [-0.3, -0.25) is 14.4 Å². The number of nitrogens with zero attached hydrogens (tertiary/aromatic N) is 1. The number of carboxylic acids is 1. The van der Waals surface area contributed by atoms with Crippen LogP contribution >= 0.6 is 12.4 Å². The second-order valence-electron chi connectivity index (χ2n) is 5.20. The van der Waals surface area contributed by atoms with Crippen LogP contribution < -0.4 is 5.48 Å². The summed E-state index contributed by atoms with van der Waals surface area (Å²) < 4.78 is 0. The molecule has 0 aliphatic heterocycles. The Hall–Kier alpha value is -2.45. The molecule has 0 aliphatic carbocycles. The van der Waals surface area contributed by atoms with Gasteiger partial charge >= 0.3 is 5.97 Å². The lowest BCUT2D eigenvalue weighted by Crippen LogP contribution is -2.26. The fraction of sp³-hybridized carbons (Fsp3) is 0.300. The SMILES string of the molecule is CNOC.CON(C)C(=O)Cc1ccccc1.Cl.O=C(O)Cc1ccccc1. The maximum Gasteiger partial charge on any atom is 0.307 e. The summed E-state index contributed by atoms with van der Waals surface area (Å²) in [6.45, 7) is 0. The molecule has 0 radical (unpaired) electrons. The molecule has 0 spiro atoms. The molecule has 28 heavy (non-hydrogen) atoms. The smallest absolute Gasteiger partial charge is 0.307 e. The zero-order valence-corrected chi connectivity index (χ0v) is 17.4. The van der Waals surface area contributed by atoms with Crippen LogP contribution in [-0.4, -0.2) is 50.4 Å². The Morgan fingerprint density at radius 2 is 1.32 bits per heavy atom. The van der Waals surface area contributed by atoms with E-state index in [-0.39, 0.29) is 24.7 Å². The molecular formula is C20H29ClN2O5. The van der Waals surface area contributed by atoms with Crippen LogP contribution in [0.5, 0.6) is 0 Å². The molecule has 0 heterocycles. The molecule has 2 N–H and O–H groups in total. The van der Waals surface area contributed by atoms with Crippen molar-refractivity contribution in [2.24, 2.45) is 0 Å². The standard InChI is InChI=1S/C10H13NO2.C8H8O2.C2H7NO.ClH/c1-11(13-2)10(12)8-9-6-4-3-5-7-9;9-8(10)6-7-4-2-1-3-5-7;1-3-4-2;/h3-7H,8H2,1-2H3;1-5H,6H2,(H,9,10);3H,1-2H3;1H. The predicted molar refractivity (Wildman–Crippen MR) is 111 cm³/mol. The number of halogens is 1. The van der Waals surface area contributed by atoms with Gasteiger partial charge < -0.3 is 9.94 Å². The number of carboxylic acid groups (broad SMARTS) is 1. The largest absolute Gasteiger partial charge is 0.481 e. The van der Waals surface area contributed by atoms with Gasteiger partial charge in [-0.05, 0) is 11.1 Å². The van der Waals surface area contributed by atoms with Crippen molar-refractivity contribution in [3.63, 3.8) is 0 Å². The third-order valence-electron chi connectivity index (χ3n) is 3.23. The van der Waals surface area contributed by atoms with Gasteiger partial charge in [-0.2, -0.15) is 0 Å². The van der Waals surface area contributed by atoms with Gasteiger partial charge in [-0.15, -0.1) is 12.4 Å². The Balaban J connectivity index is 0. The van der Waals surface area contributed by atoms with Crippen LogP contribution in [0.4, 0.5) is 0 Å². The van der Waals surface area contributed by atoms with Crippen molar-refractivity contribution in [2.45, 2.75) is 12.8 Å². The van der Waals surface area contributed by atoms with Crippen LogP contribution in [0.2, 0.25) is 0 Å². The van der Waals surface area contributed by atoms with Gasteiger partial charge in [-0.25, -0.2) is 10.5 Å². The van der Waals surface area contributed by atoms with Gasteiger partial charge in [0.2, 0.25) is 5.91 Å². The second-order valence-corrected chi connectivity index (χ2v) is 5.20. The van der Waals surface area contributed by atoms with Crippen molar-refractivity contribution in [1.29, 1.82) is 0 Å². The van der Waals surface area contributed by atoms with E-state index in [4.69, 9.17) is 9.94 Å². The lowest BCUT2D eigenvalue weighted by atomic mass is 10.1. The summed E-state index contributed by atoms with van der Waals surface area (Å²) in [6.07, 6.45) is 0.492. The van der Waals surface area contributed by atoms with Gasteiger partial charge in [0.1, 0.15) is 0 Å². The molecule has 0 atom stereocenters. The summed E-state index contributed by atoms with van der Waals surface area (Å²) in [5.74, 6) is -0.833. The van der Waals surface area contributed by atoms with Crippen LogP contribution in [0.1, 0.15) is 11.1 Å². The quantitative estimate of drug-likeness (QED) is 0.709. The van der Waals surface area contributed by atoms with E-state index < -0.39 is 5.97 Å². The lowest BCUT2D eigenvalue weighted by Gasteiger charge is -2.13. The highest BCUT2D eigenvalue weighted by Gasteiger charge is 2.07. The Morgan fingerprint density at radius 3 is 1.64 bits per heavy atom. The Bertz CT molecular complexity index is 640. The average molecular weight is 413 g/mol. The molecule has 0 unspecified atom stereocenters. The van der Waals surface area contributed by atoms with Crippen LogP contribution in [0.15, 0.2) is 60.7 Å². The zero-order chi connectivity index (χ0) is 20.5. The highest BCUT2D eigenvalue weighted by Crippen LogP contribution is 2.01. The van der Waals surface area contributed by atoms with Crippen molar-refractivity contribution in [2.75, 3.05) is 28.3 Å². The minimum atomic E-state index is -0.786. The Morgan fingerprint density at radius 1 is 0.929 bits per heavy atom. The number of nitrogens with one attached hydrogen (secondary N) is 1. The molecule has 2 rings (SSSR count). The summed E-state index contributed by atoms with van der Waals surface area (Å²) in [5.41, 5.74) is 4.27. The third kappa shape index (κ3) is 14.7. The van der Waals surface area contributed by atoms with E-state index in [1.54, 1.807) is 33.3 Å². The first kappa shape index (κ1) is 27.8. The molecule has 156 valence electrons. The maximum absolute atomic E-state index is 11.3. The maximum atomic E-state index is 11.3. The molecule has 0 bridgehead atoms. The first-order valence-corrected chi connectivity index (χ1v) is 8.24. The Labute approximate surface area is 172 Å². The molecule has 1 amide bonds. The first-order valence-electron chi connectivity index (χ1n) is 8.24. The second kappa shape index (κ2) is 17.9. The van der Waals surface area contributed by atoms with Gasteiger partial charge in [0, 0.05) is 14.1 Å². The minimum absolute atomic E-state index is 0. The number of hydrogen-bond acceptors (Lipinski definition) is 5. The number of likely N-dealkylation sites (N-methyl/N-ethyl adjacent to an activating group) is 1. The Kier molecular flexibility index (Phi) is 17.8. The molecular weight excluding hydrogens is 384 g/mol. The van der Waals surface area contributed by atoms with Crippen molar-refractivity contribution >= 4 is 24.3 Å². The molecule has 0 saturated carbocycles. The fourth-order valence-electron chi connectivity index (χ4n) is 1.75. The number of rotatable bonds is 6. The van der Waals surface area contributed by atoms with Crippen molar-refractivity contribution in [1.82, 2.24) is 10.5 Å². The van der Waals surface area contributed by atoms with Gasteiger partial charge in [0.05, 0.1) is 27.1 Å². The summed E-state index contributed by atoms with van der Waals surface area (Å²) in [5, 5.41) is 9.60. The van der Waals surface area contributed by atoms with Crippen LogP contribution in [0.3, 0.4) is 0 Å². The molecule has 2 aromatic rings. The van der Waals surface area contributed by atoms with E-state index in [0.29, 0.717) is 6.42 Å². The summed E-state index contributed by atoms with van der Waals surface area (Å²) in [6, 6.07) is 18.7. The zero-order valence-electron chi connectivity index (χ0n) is 16.6. The fourth-order valence-corrected chi connectivity index (χ4v) is 1.75. The molecule has 7 nitrogen and oxygen atoms in total. The molecule has 0 aromatic heterocycles. The van der Waals surface area contributed by atoms with Crippen LogP contribution in [0.25, 0.3) is 0 Å². The topological polar surface area (TPSA) is 88.1 Å². The van der Waals surface area contributed by atoms with E-state index in [1.807, 2.05) is 48.5 Å². The number of carbonyl (C=O) groups excluding carboxylic acids is 1. The number of hydrogen-bond donors (Lipinski definition) is 2. The minimum Gasteiger partial charge on any atom is -0.481 e. The van der Waals surface area contributed by atoms with Gasteiger partial charge in [-0.1, -0.05) is 60.7 Å². The summed E-state index contributed by atoms with van der Waals surface area (Å²) in [4.78, 5) is 30.6. The van der Waals surface area contributed by atoms with Gasteiger partial charge in [0.25, 0.3) is 0 Å². The number of amides is 1. The normalized spacial score (nSPS) is 8.86. The summed E-state index contributed by atoms with van der Waals surface area (Å²) >= 11 is 0. The number of carbonyl (C=O) groups is 2. The third-order valence-corrected chi connectivity index (χ3v) is 3.23. The van der Waals surface area contributed by atoms with Crippen molar-refractivity contribution in [3.8, 4) is 0 Å². The van der Waals surface area contributed by atoms with Crippen LogP contribution in [0, 0.1) is 0 Å². The molecule has 0 aliphatic rings. The van der Waals surface area contributed by atoms with Crippen LogP contribution in [-0.2, 0) is 32.1 Å². The molecule has 2 aromatic carbocycles. The lowest BCUT2D eigenvalue weighted by molar-refractivity contribution is -0.167. The van der Waals surface area contributed by atoms with E-state index in [0.717, 1.165) is 11.1 Å². The van der Waals surface area contributed by atoms with Crippen molar-refractivity contribution in [3.05, 3.63) is 71.8 Å². The average Bonchev–Trinajstić information content (AvgIpc) is 2.69. The van der Waals surface area contributed by atoms with E-state index in [1.165, 1.54) is 12.2 Å². The van der Waals surface area contributed by atoms with Gasteiger partial charge in [0.15, 0.2) is 0 Å². The number of hydroxylamine groups is 3. The highest BCUT2D eigenvalue weighted by atomic mass is 35.5. The van der Waals surface area contributed by atoms with E-state index in [9.17, 15) is 9.59 Å². The number of aliphatic carboxylic acids is 1. The van der Waals surface area contributed by atoms with E-state index >= 15 is 0 Å². The monoisotopic (exact) mass is 412 g/mol. The highest BCUT2D eigenvalue weighted by molar-refractivity contribution is 5.85. The number of benzene rings is 2. The molecule has 0 saturated heterocycles. The molecule has 0 fully saturated rings. The van der Waals surface area contributed by atoms with E-state index in [2.05, 4.69) is 10.3 Å². The summed E-state index contributed by atoms with van der Waals surface area (Å²) in [7, 11) is 6.36.